The molecule has 1 aromatic carbocycles. The molecule has 0 saturated carbocycles. The zero-order valence-electron chi connectivity index (χ0n) is 12.6. The third-order valence-electron chi connectivity index (χ3n) is 3.32. The second kappa shape index (κ2) is 7.55. The van der Waals surface area contributed by atoms with E-state index in [0.717, 1.165) is 11.8 Å². The van der Waals surface area contributed by atoms with Crippen molar-refractivity contribution in [2.75, 3.05) is 11.9 Å². The Morgan fingerprint density at radius 3 is 2.70 bits per heavy atom. The van der Waals surface area contributed by atoms with E-state index in [9.17, 15) is 19.1 Å². The minimum Gasteiger partial charge on any atom is -0.387 e. The fraction of sp³-hybridized carbons (Fsp3) is 0.250. The minimum absolute atomic E-state index is 0.141. The number of carbonyl (C=O) groups is 2. The minimum atomic E-state index is -0.885. The van der Waals surface area contributed by atoms with Crippen molar-refractivity contribution in [2.45, 2.75) is 12.5 Å². The maximum absolute atomic E-state index is 13.0. The molecular weight excluding hydrogens is 301 g/mol. The largest absolute Gasteiger partial charge is 0.387 e. The van der Waals surface area contributed by atoms with E-state index in [0.29, 0.717) is 0 Å². The van der Waals surface area contributed by atoms with Crippen LogP contribution >= 0.6 is 0 Å². The van der Waals surface area contributed by atoms with E-state index in [-0.39, 0.29) is 18.7 Å². The lowest BCUT2D eigenvalue weighted by Crippen LogP contribution is -2.36. The molecule has 2 amide bonds. The highest BCUT2D eigenvalue weighted by atomic mass is 19.1. The first-order valence-electron chi connectivity index (χ1n) is 7.11. The van der Waals surface area contributed by atoms with Gasteiger partial charge < -0.3 is 20.3 Å². The van der Waals surface area contributed by atoms with Crippen molar-refractivity contribution in [3.8, 4) is 0 Å². The van der Waals surface area contributed by atoms with Crippen LogP contribution in [0.2, 0.25) is 0 Å². The van der Waals surface area contributed by atoms with Crippen LogP contribution in [-0.2, 0) is 16.6 Å². The van der Waals surface area contributed by atoms with Crippen LogP contribution in [0.1, 0.15) is 18.2 Å². The molecule has 0 aliphatic carbocycles. The first-order chi connectivity index (χ1) is 11.0. The van der Waals surface area contributed by atoms with E-state index in [1.165, 1.54) is 18.2 Å². The molecule has 0 fully saturated rings. The molecule has 3 N–H and O–H groups in total. The van der Waals surface area contributed by atoms with E-state index in [4.69, 9.17) is 0 Å². The number of benzene rings is 1. The number of nitrogens with zero attached hydrogens (tertiary/aromatic N) is 1. The Bertz CT molecular complexity index is 699. The molecule has 0 aliphatic rings. The van der Waals surface area contributed by atoms with Gasteiger partial charge in [-0.25, -0.2) is 4.39 Å². The van der Waals surface area contributed by atoms with Gasteiger partial charge in [0.1, 0.15) is 5.82 Å². The summed E-state index contributed by atoms with van der Waals surface area (Å²) < 4.78 is 14.8. The van der Waals surface area contributed by atoms with Gasteiger partial charge in [-0.1, -0.05) is 6.07 Å². The van der Waals surface area contributed by atoms with E-state index in [2.05, 4.69) is 10.6 Å². The van der Waals surface area contributed by atoms with Gasteiger partial charge in [0, 0.05) is 31.2 Å². The smallest absolute Gasteiger partial charge is 0.313 e. The van der Waals surface area contributed by atoms with Crippen LogP contribution in [0.3, 0.4) is 0 Å². The van der Waals surface area contributed by atoms with E-state index >= 15 is 0 Å². The van der Waals surface area contributed by atoms with E-state index < -0.39 is 23.7 Å². The second-order valence-corrected chi connectivity index (χ2v) is 5.07. The fourth-order valence-corrected chi connectivity index (χ4v) is 2.13. The Kier molecular flexibility index (Phi) is 5.48. The summed E-state index contributed by atoms with van der Waals surface area (Å²) in [6.45, 7) is 0.141. The van der Waals surface area contributed by atoms with Gasteiger partial charge in [-0.2, -0.15) is 0 Å². The van der Waals surface area contributed by atoms with Crippen LogP contribution < -0.4 is 10.6 Å². The van der Waals surface area contributed by atoms with Crippen LogP contribution in [0.4, 0.5) is 10.1 Å². The third-order valence-corrected chi connectivity index (χ3v) is 3.32. The maximum Gasteiger partial charge on any atom is 0.313 e. The summed E-state index contributed by atoms with van der Waals surface area (Å²) in [7, 11) is 1.81. The number of aliphatic hydroxyl groups is 1. The molecule has 0 saturated heterocycles. The summed E-state index contributed by atoms with van der Waals surface area (Å²) in [6, 6.07) is 8.85. The van der Waals surface area contributed by atoms with Gasteiger partial charge in [0.15, 0.2) is 0 Å². The second-order valence-electron chi connectivity index (χ2n) is 5.07. The molecular formula is C16H18FN3O3. The summed E-state index contributed by atoms with van der Waals surface area (Å²) in [5.41, 5.74) is 0.928. The van der Waals surface area contributed by atoms with Crippen molar-refractivity contribution in [1.29, 1.82) is 0 Å². The first-order valence-corrected chi connectivity index (χ1v) is 7.11. The molecule has 6 nitrogen and oxygen atoms in total. The number of hydrogen-bond acceptors (Lipinski definition) is 3. The Labute approximate surface area is 132 Å². The lowest BCUT2D eigenvalue weighted by molar-refractivity contribution is -0.136. The average molecular weight is 319 g/mol. The SMILES string of the molecule is Cn1cccc1C(O)CCNC(=O)C(=O)Nc1cccc(F)c1. The Morgan fingerprint density at radius 2 is 2.04 bits per heavy atom. The highest BCUT2D eigenvalue weighted by molar-refractivity contribution is 6.39. The Hall–Kier alpha value is -2.67. The van der Waals surface area contributed by atoms with Gasteiger partial charge in [-0.05, 0) is 36.8 Å². The van der Waals surface area contributed by atoms with Gasteiger partial charge >= 0.3 is 11.8 Å². The fourth-order valence-electron chi connectivity index (χ4n) is 2.13. The van der Waals surface area contributed by atoms with Crippen molar-refractivity contribution in [3.63, 3.8) is 0 Å². The van der Waals surface area contributed by atoms with Crippen LogP contribution in [0.25, 0.3) is 0 Å². The molecule has 1 unspecified atom stereocenters. The molecule has 0 aliphatic heterocycles. The number of aromatic nitrogens is 1. The van der Waals surface area contributed by atoms with Crippen LogP contribution in [-0.4, -0.2) is 28.0 Å². The highest BCUT2D eigenvalue weighted by Gasteiger charge is 2.15. The molecule has 7 heteroatoms. The molecule has 2 rings (SSSR count). The number of carbonyl (C=O) groups excluding carboxylic acids is 2. The number of rotatable bonds is 5. The van der Waals surface area contributed by atoms with Crippen molar-refractivity contribution in [3.05, 3.63) is 54.1 Å². The van der Waals surface area contributed by atoms with Gasteiger partial charge in [0.25, 0.3) is 0 Å². The number of nitrogens with one attached hydrogen (secondary N) is 2. The molecule has 1 heterocycles. The standard InChI is InChI=1S/C16H18FN3O3/c1-20-9-3-6-13(20)14(21)7-8-18-15(22)16(23)19-12-5-2-4-11(17)10-12/h2-6,9-10,14,21H,7-8H2,1H3,(H,18,22)(H,19,23). The zero-order valence-corrected chi connectivity index (χ0v) is 12.6. The summed E-state index contributed by atoms with van der Waals surface area (Å²) in [5.74, 6) is -2.23. The lowest BCUT2D eigenvalue weighted by Gasteiger charge is -2.12. The molecule has 23 heavy (non-hydrogen) atoms. The Balaban J connectivity index is 1.78. The van der Waals surface area contributed by atoms with Gasteiger partial charge in [0.05, 0.1) is 6.10 Å². The van der Waals surface area contributed by atoms with Crippen molar-refractivity contribution < 1.29 is 19.1 Å². The van der Waals surface area contributed by atoms with Crippen LogP contribution in [0, 0.1) is 5.82 Å². The van der Waals surface area contributed by atoms with Crippen molar-refractivity contribution >= 4 is 17.5 Å². The molecule has 2 aromatic rings. The third kappa shape index (κ3) is 4.65. The zero-order chi connectivity index (χ0) is 16.8. The number of amides is 2. The summed E-state index contributed by atoms with van der Waals surface area (Å²) in [4.78, 5) is 23.3. The number of aliphatic hydroxyl groups excluding tert-OH is 1. The topological polar surface area (TPSA) is 83.4 Å². The molecule has 1 aromatic heterocycles. The molecule has 0 bridgehead atoms. The number of halogens is 1. The number of anilines is 1. The molecule has 122 valence electrons. The van der Waals surface area contributed by atoms with Crippen LogP contribution in [0.5, 0.6) is 0 Å². The Morgan fingerprint density at radius 1 is 1.26 bits per heavy atom. The quantitative estimate of drug-likeness (QED) is 0.727. The van der Waals surface area contributed by atoms with Gasteiger partial charge in [-0.3, -0.25) is 9.59 Å². The highest BCUT2D eigenvalue weighted by Crippen LogP contribution is 2.15. The van der Waals surface area contributed by atoms with Crippen LogP contribution in [0.15, 0.2) is 42.6 Å². The molecule has 0 spiro atoms. The monoisotopic (exact) mass is 319 g/mol. The molecule has 1 atom stereocenters. The molecule has 0 radical (unpaired) electrons. The number of aryl methyl sites for hydroxylation is 1. The maximum atomic E-state index is 13.0. The van der Waals surface area contributed by atoms with Crippen molar-refractivity contribution in [1.82, 2.24) is 9.88 Å². The number of hydrogen-bond donors (Lipinski definition) is 3. The normalized spacial score (nSPS) is 11.8. The average Bonchev–Trinajstić information content (AvgIpc) is 2.93. The summed E-state index contributed by atoms with van der Waals surface area (Å²) in [5, 5.41) is 14.7. The van der Waals surface area contributed by atoms with Gasteiger partial charge in [-0.15, -0.1) is 0 Å². The van der Waals surface area contributed by atoms with Crippen molar-refractivity contribution in [2.24, 2.45) is 7.05 Å². The van der Waals surface area contributed by atoms with Gasteiger partial charge in [0.2, 0.25) is 0 Å². The van der Waals surface area contributed by atoms with E-state index in [1.54, 1.807) is 10.6 Å². The summed E-state index contributed by atoms with van der Waals surface area (Å²) in [6.07, 6.45) is 1.35. The predicted molar refractivity (Wildman–Crippen MR) is 83.0 cm³/mol. The summed E-state index contributed by atoms with van der Waals surface area (Å²) >= 11 is 0. The van der Waals surface area contributed by atoms with E-state index in [1.807, 2.05) is 19.3 Å². The lowest BCUT2D eigenvalue weighted by atomic mass is 10.2. The predicted octanol–water partition coefficient (Wildman–Crippen LogP) is 1.34. The first kappa shape index (κ1) is 16.7.